The molecule has 17 heteroatoms. The SMILES string of the molecule is CCOc1ccc(C(O)C(C)C)cc1.CCOc1ccc(C(OC(=O)C(F)(F)F)C(C)C)cc1.O=C(OC(=O)C(F)(F)F)C(F)(F)F. The molecule has 2 unspecified atom stereocenters. The van der Waals surface area contributed by atoms with Gasteiger partial charge in [-0.3, -0.25) is 0 Å². The van der Waals surface area contributed by atoms with Gasteiger partial charge in [0.15, 0.2) is 0 Å². The van der Waals surface area contributed by atoms with E-state index in [1.165, 1.54) is 0 Å². The number of carbonyl (C=O) groups is 3. The Balaban J connectivity index is 0.000000698. The van der Waals surface area contributed by atoms with Crippen molar-refractivity contribution in [2.24, 2.45) is 11.8 Å². The number of hydrogen-bond donors (Lipinski definition) is 1. The molecule has 0 amide bonds. The molecule has 0 aliphatic heterocycles. The summed E-state index contributed by atoms with van der Waals surface area (Å²) in [5, 5.41) is 9.78. The number of carbonyl (C=O) groups excluding carboxylic acids is 3. The zero-order valence-corrected chi connectivity index (χ0v) is 26.0. The summed E-state index contributed by atoms with van der Waals surface area (Å²) in [6.45, 7) is 12.3. The molecule has 0 aromatic heterocycles. The molecule has 2 aromatic rings. The van der Waals surface area contributed by atoms with Gasteiger partial charge < -0.3 is 24.1 Å². The Bertz CT molecular complexity index is 1210. The molecule has 8 nitrogen and oxygen atoms in total. The van der Waals surface area contributed by atoms with Crippen LogP contribution in [0.4, 0.5) is 39.5 Å². The average Bonchev–Trinajstić information content (AvgIpc) is 2.95. The predicted octanol–water partition coefficient (Wildman–Crippen LogP) is 7.84. The van der Waals surface area contributed by atoms with Crippen molar-refractivity contribution in [1.82, 2.24) is 0 Å². The summed E-state index contributed by atoms with van der Waals surface area (Å²) in [7, 11) is 0. The molecule has 0 aliphatic rings. The second-order valence-corrected chi connectivity index (χ2v) is 9.93. The fraction of sp³-hybridized carbons (Fsp3) is 0.500. The molecular formula is C30H35F9O8. The number of ether oxygens (including phenoxy) is 4. The molecule has 0 fully saturated rings. The minimum absolute atomic E-state index is 0.243. The van der Waals surface area contributed by atoms with Crippen molar-refractivity contribution in [3.05, 3.63) is 59.7 Å². The Labute approximate surface area is 264 Å². The van der Waals surface area contributed by atoms with Gasteiger partial charge in [-0.1, -0.05) is 52.0 Å². The maximum atomic E-state index is 12.3. The largest absolute Gasteiger partial charge is 0.494 e. The Morgan fingerprint density at radius 2 is 0.936 bits per heavy atom. The van der Waals surface area contributed by atoms with Crippen LogP contribution in [-0.4, -0.2) is 54.8 Å². The van der Waals surface area contributed by atoms with E-state index >= 15 is 0 Å². The minimum atomic E-state index is -5.62. The highest BCUT2D eigenvalue weighted by Crippen LogP contribution is 2.30. The second-order valence-electron chi connectivity index (χ2n) is 9.93. The van der Waals surface area contributed by atoms with Crippen LogP contribution in [-0.2, 0) is 23.9 Å². The summed E-state index contributed by atoms with van der Waals surface area (Å²) in [4.78, 5) is 30.3. The monoisotopic (exact) mass is 694 g/mol. The van der Waals surface area contributed by atoms with E-state index in [2.05, 4.69) is 9.47 Å². The molecule has 1 N–H and O–H groups in total. The van der Waals surface area contributed by atoms with E-state index in [0.717, 1.165) is 11.3 Å². The maximum Gasteiger partial charge on any atom is 0.491 e. The summed E-state index contributed by atoms with van der Waals surface area (Å²) >= 11 is 0. The normalized spacial score (nSPS) is 12.9. The highest BCUT2D eigenvalue weighted by molar-refractivity contribution is 5.90. The lowest BCUT2D eigenvalue weighted by Crippen LogP contribution is -2.34. The lowest BCUT2D eigenvalue weighted by atomic mass is 9.99. The highest BCUT2D eigenvalue weighted by Gasteiger charge is 2.49. The molecule has 0 saturated heterocycles. The highest BCUT2D eigenvalue weighted by atomic mass is 19.4. The van der Waals surface area contributed by atoms with Crippen LogP contribution >= 0.6 is 0 Å². The first kappa shape index (κ1) is 43.0. The molecule has 47 heavy (non-hydrogen) atoms. The van der Waals surface area contributed by atoms with Crippen LogP contribution in [0.25, 0.3) is 0 Å². The first-order valence-electron chi connectivity index (χ1n) is 13.8. The summed E-state index contributed by atoms with van der Waals surface area (Å²) < 4.78 is 122. The van der Waals surface area contributed by atoms with Gasteiger partial charge in [0.1, 0.15) is 17.6 Å². The van der Waals surface area contributed by atoms with Crippen molar-refractivity contribution in [3.8, 4) is 11.5 Å². The second kappa shape index (κ2) is 19.0. The zero-order valence-electron chi connectivity index (χ0n) is 26.0. The third kappa shape index (κ3) is 16.4. The number of hydrogen-bond acceptors (Lipinski definition) is 8. The van der Waals surface area contributed by atoms with Crippen molar-refractivity contribution >= 4 is 17.9 Å². The number of halogens is 9. The lowest BCUT2D eigenvalue weighted by Gasteiger charge is -2.22. The minimum Gasteiger partial charge on any atom is -0.494 e. The Morgan fingerprint density at radius 3 is 1.21 bits per heavy atom. The molecule has 2 aromatic carbocycles. The Kier molecular flexibility index (Phi) is 17.3. The average molecular weight is 695 g/mol. The molecule has 0 heterocycles. The summed E-state index contributed by atoms with van der Waals surface area (Å²) in [6.07, 6.45) is -17.6. The Morgan fingerprint density at radius 1 is 0.596 bits per heavy atom. The molecular weight excluding hydrogens is 659 g/mol. The summed E-state index contributed by atoms with van der Waals surface area (Å²) in [6, 6.07) is 14.1. The van der Waals surface area contributed by atoms with Crippen molar-refractivity contribution < 1.29 is 78.0 Å². The van der Waals surface area contributed by atoms with Gasteiger partial charge in [0, 0.05) is 0 Å². The van der Waals surface area contributed by atoms with Gasteiger partial charge in [0.05, 0.1) is 19.3 Å². The maximum absolute atomic E-state index is 12.3. The molecule has 0 radical (unpaired) electrons. The first-order chi connectivity index (χ1) is 21.4. The number of aliphatic hydroxyl groups excluding tert-OH is 1. The van der Waals surface area contributed by atoms with E-state index in [1.807, 2.05) is 52.0 Å². The molecule has 0 aliphatic carbocycles. The van der Waals surface area contributed by atoms with Gasteiger partial charge in [-0.25, -0.2) is 14.4 Å². The van der Waals surface area contributed by atoms with E-state index in [4.69, 9.17) is 9.47 Å². The number of rotatable bonds is 9. The quantitative estimate of drug-likeness (QED) is 0.161. The van der Waals surface area contributed by atoms with Crippen LogP contribution in [0, 0.1) is 11.8 Å². The lowest BCUT2D eigenvalue weighted by molar-refractivity contribution is -0.221. The van der Waals surface area contributed by atoms with E-state index in [0.29, 0.717) is 24.5 Å². The number of alkyl halides is 9. The first-order valence-corrected chi connectivity index (χ1v) is 13.8. The molecule has 0 saturated carbocycles. The zero-order chi connectivity index (χ0) is 36.8. The van der Waals surface area contributed by atoms with E-state index < -0.39 is 42.5 Å². The number of benzene rings is 2. The van der Waals surface area contributed by atoms with Crippen LogP contribution < -0.4 is 9.47 Å². The van der Waals surface area contributed by atoms with Crippen molar-refractivity contribution in [2.45, 2.75) is 72.3 Å². The van der Waals surface area contributed by atoms with Gasteiger partial charge in [-0.05, 0) is 61.1 Å². The van der Waals surface area contributed by atoms with Crippen LogP contribution in [0.3, 0.4) is 0 Å². The van der Waals surface area contributed by atoms with E-state index in [9.17, 15) is 59.0 Å². The Hall–Kier alpha value is -4.02. The third-order valence-electron chi connectivity index (χ3n) is 5.40. The van der Waals surface area contributed by atoms with E-state index in [-0.39, 0.29) is 17.9 Å². The number of aliphatic hydroxyl groups is 1. The van der Waals surface area contributed by atoms with Gasteiger partial charge in [-0.15, -0.1) is 0 Å². The van der Waals surface area contributed by atoms with Crippen molar-refractivity contribution in [1.29, 1.82) is 0 Å². The molecule has 0 bridgehead atoms. The van der Waals surface area contributed by atoms with Crippen LogP contribution in [0.2, 0.25) is 0 Å². The van der Waals surface area contributed by atoms with Crippen LogP contribution in [0.15, 0.2) is 48.5 Å². The fourth-order valence-electron chi connectivity index (χ4n) is 3.20. The summed E-state index contributed by atoms with van der Waals surface area (Å²) in [5.74, 6) is -7.14. The summed E-state index contributed by atoms with van der Waals surface area (Å²) in [5.41, 5.74) is 1.45. The van der Waals surface area contributed by atoms with Crippen LogP contribution in [0.5, 0.6) is 11.5 Å². The van der Waals surface area contributed by atoms with Gasteiger partial charge in [0.2, 0.25) is 0 Å². The number of esters is 3. The van der Waals surface area contributed by atoms with Crippen LogP contribution in [0.1, 0.15) is 64.9 Å². The van der Waals surface area contributed by atoms with Gasteiger partial charge in [0.25, 0.3) is 0 Å². The third-order valence-corrected chi connectivity index (χ3v) is 5.40. The standard InChI is InChI=1S/C14H17F3O3.C12H18O2.C4F6O3/c1-4-19-11-7-5-10(6-8-11)12(9(2)3)20-13(18)14(15,16)17;1-4-14-11-7-5-10(6-8-11)12(13)9(2)3;5-3(6,7)1(11)13-2(12)4(8,9)10/h5-9,12H,4H2,1-3H3;5-9,12-13H,4H2,1-3H3;. The molecule has 2 rings (SSSR count). The van der Waals surface area contributed by atoms with E-state index in [1.54, 1.807) is 38.1 Å². The van der Waals surface area contributed by atoms with Crippen molar-refractivity contribution in [3.63, 3.8) is 0 Å². The van der Waals surface area contributed by atoms with Gasteiger partial charge in [-0.2, -0.15) is 39.5 Å². The predicted molar refractivity (Wildman–Crippen MR) is 148 cm³/mol. The smallest absolute Gasteiger partial charge is 0.491 e. The molecule has 0 spiro atoms. The van der Waals surface area contributed by atoms with Gasteiger partial charge >= 0.3 is 36.4 Å². The molecule has 266 valence electrons. The molecule has 2 atom stereocenters. The fourth-order valence-corrected chi connectivity index (χ4v) is 3.20. The topological polar surface area (TPSA) is 108 Å². The van der Waals surface area contributed by atoms with Crippen molar-refractivity contribution in [2.75, 3.05) is 13.2 Å².